The molecule has 0 aliphatic carbocycles. The molecule has 1 aliphatic rings. The maximum Gasteiger partial charge on any atom is 0.440 e. The molecular weight excluding hydrogens is 804 g/mol. The Morgan fingerprint density at radius 2 is 1.54 bits per heavy atom. The van der Waals surface area contributed by atoms with Gasteiger partial charge >= 0.3 is 13.7 Å². The van der Waals surface area contributed by atoms with E-state index in [4.69, 9.17) is 52.2 Å². The zero-order valence-corrected chi connectivity index (χ0v) is 36.0. The monoisotopic (exact) mass is 866 g/mol. The third-order valence-electron chi connectivity index (χ3n) is 10.0. The molecule has 1 fully saturated rings. The Bertz CT molecular complexity index is 1790. The number of fused-ring (bicyclic) bond motifs is 1. The van der Waals surface area contributed by atoms with Crippen molar-refractivity contribution in [1.29, 1.82) is 0 Å². The van der Waals surface area contributed by atoms with E-state index in [1.807, 2.05) is 0 Å². The number of nitrogens with zero attached hydrogens (tertiary/aromatic N) is 3. The van der Waals surface area contributed by atoms with Crippen LogP contribution in [0, 0.1) is 0 Å². The second-order valence-corrected chi connectivity index (χ2v) is 16.7. The first-order valence-electron chi connectivity index (χ1n) is 20.8. The lowest BCUT2D eigenvalue weighted by Crippen LogP contribution is -2.34. The van der Waals surface area contributed by atoms with Crippen molar-refractivity contribution in [2.45, 2.75) is 141 Å². The molecule has 0 amide bonds. The number of nitrogens with two attached hydrogens (primary N) is 2. The van der Waals surface area contributed by atoms with Gasteiger partial charge in [0.2, 0.25) is 5.75 Å². The molecule has 1 saturated heterocycles. The van der Waals surface area contributed by atoms with E-state index in [1.165, 1.54) is 113 Å². The van der Waals surface area contributed by atoms with Crippen molar-refractivity contribution >= 4 is 47.8 Å². The Hall–Kier alpha value is -3.45. The second kappa shape index (κ2) is 25.4. The number of ether oxygens (including phenoxy) is 4. The molecule has 2 unspecified atom stereocenters. The summed E-state index contributed by atoms with van der Waals surface area (Å²) in [5, 5.41) is 24.3. The number of benzene rings is 1. The van der Waals surface area contributed by atoms with Gasteiger partial charge in [0.1, 0.15) is 53.7 Å². The fourth-order valence-corrected chi connectivity index (χ4v) is 7.74. The van der Waals surface area contributed by atoms with Crippen LogP contribution >= 0.6 is 20.0 Å². The molecule has 1 aromatic carbocycles. The van der Waals surface area contributed by atoms with Gasteiger partial charge in [-0.05, 0) is 25.5 Å². The zero-order valence-electron chi connectivity index (χ0n) is 34.2. The number of carbonyl (C=O) groups excluding carboxylic acids is 1. The Kier molecular flexibility index (Phi) is 20.7. The molecule has 4 rings (SSSR count). The van der Waals surface area contributed by atoms with Crippen molar-refractivity contribution in [1.82, 2.24) is 19.6 Å². The van der Waals surface area contributed by atoms with Gasteiger partial charge in [0.05, 0.1) is 12.0 Å². The molecule has 6 atom stereocenters. The highest BCUT2D eigenvalue weighted by molar-refractivity contribution is 7.80. The number of aromatic nitrogens is 3. The minimum atomic E-state index is -4.69. The summed E-state index contributed by atoms with van der Waals surface area (Å²) in [6.07, 6.45) is 16.4. The van der Waals surface area contributed by atoms with E-state index >= 15 is 0 Å². The molecule has 19 heteroatoms. The SMILES string of the molecule is CCCCCCCCCCCCCCCCOCCCOC(=O)[C@@H](C)NP(=O)(O)OOc1ccccc1OCC1O[C@@H](n2cc(C(N)=S)c3c(N)ncnc32)[C@H](O)[C@@H]1O. The number of thiocarbonyl (C=S) groups is 1. The minimum Gasteiger partial charge on any atom is -0.487 e. The summed E-state index contributed by atoms with van der Waals surface area (Å²) in [7, 11) is -4.69. The number of aliphatic hydroxyl groups is 2. The normalized spacial score (nSPS) is 19.4. The summed E-state index contributed by atoms with van der Waals surface area (Å²) in [6.45, 7) is 4.52. The van der Waals surface area contributed by atoms with Crippen LogP contribution in [0.25, 0.3) is 11.0 Å². The molecule has 0 bridgehead atoms. The van der Waals surface area contributed by atoms with Gasteiger partial charge in [0, 0.05) is 31.4 Å². The van der Waals surface area contributed by atoms with Crippen LogP contribution in [0.15, 0.2) is 36.8 Å². The molecular formula is C40H63N6O11PS. The van der Waals surface area contributed by atoms with Crippen molar-refractivity contribution in [3.05, 3.63) is 42.4 Å². The molecule has 59 heavy (non-hydrogen) atoms. The summed E-state index contributed by atoms with van der Waals surface area (Å²) < 4.78 is 41.7. The Morgan fingerprint density at radius 3 is 2.19 bits per heavy atom. The van der Waals surface area contributed by atoms with E-state index in [2.05, 4.69) is 22.0 Å². The van der Waals surface area contributed by atoms with Crippen LogP contribution in [0.5, 0.6) is 11.5 Å². The van der Waals surface area contributed by atoms with Crippen molar-refractivity contribution in [2.24, 2.45) is 5.73 Å². The molecule has 0 radical (unpaired) electrons. The molecule has 0 saturated carbocycles. The summed E-state index contributed by atoms with van der Waals surface area (Å²) >= 11 is 5.15. The van der Waals surface area contributed by atoms with E-state index in [9.17, 15) is 24.5 Å². The van der Waals surface area contributed by atoms with Crippen LogP contribution in [0.1, 0.15) is 122 Å². The van der Waals surface area contributed by atoms with Crippen molar-refractivity contribution in [2.75, 3.05) is 32.2 Å². The van der Waals surface area contributed by atoms with E-state index in [0.717, 1.165) is 12.8 Å². The first kappa shape index (κ1) is 48.2. The van der Waals surface area contributed by atoms with Crippen LogP contribution in [0.3, 0.4) is 0 Å². The first-order valence-corrected chi connectivity index (χ1v) is 22.8. The predicted molar refractivity (Wildman–Crippen MR) is 227 cm³/mol. The van der Waals surface area contributed by atoms with E-state index in [-0.39, 0.29) is 41.2 Å². The first-order chi connectivity index (χ1) is 28.4. The number of nitrogens with one attached hydrogen (secondary N) is 1. The number of para-hydroxylation sites is 2. The lowest BCUT2D eigenvalue weighted by molar-refractivity contribution is -0.146. The second-order valence-electron chi connectivity index (χ2n) is 14.8. The third-order valence-corrected chi connectivity index (χ3v) is 11.2. The molecule has 17 nitrogen and oxygen atoms in total. The van der Waals surface area contributed by atoms with Crippen LogP contribution in [-0.2, 0) is 28.2 Å². The van der Waals surface area contributed by atoms with Gasteiger partial charge in [-0.3, -0.25) is 4.79 Å². The Labute approximate surface area is 352 Å². The number of rotatable bonds is 30. The predicted octanol–water partition coefficient (Wildman–Crippen LogP) is 6.17. The van der Waals surface area contributed by atoms with Gasteiger partial charge in [-0.1, -0.05) is 119 Å². The molecule has 3 heterocycles. The van der Waals surface area contributed by atoms with Crippen LogP contribution in [0.2, 0.25) is 0 Å². The van der Waals surface area contributed by atoms with Gasteiger partial charge in [0.15, 0.2) is 12.0 Å². The van der Waals surface area contributed by atoms with Crippen molar-refractivity contribution in [3.63, 3.8) is 0 Å². The average molecular weight is 867 g/mol. The van der Waals surface area contributed by atoms with Gasteiger partial charge < -0.3 is 55.0 Å². The number of hydrogen-bond acceptors (Lipinski definition) is 14. The Balaban J connectivity index is 1.09. The molecule has 330 valence electrons. The summed E-state index contributed by atoms with van der Waals surface area (Å²) in [6, 6.07) is 4.87. The largest absolute Gasteiger partial charge is 0.487 e. The van der Waals surface area contributed by atoms with Crippen molar-refractivity contribution in [3.8, 4) is 11.5 Å². The number of anilines is 1. The van der Waals surface area contributed by atoms with Crippen LogP contribution in [-0.4, -0.2) is 91.4 Å². The average Bonchev–Trinajstić information content (AvgIpc) is 3.74. The zero-order chi connectivity index (χ0) is 42.6. The molecule has 1 aliphatic heterocycles. The fourth-order valence-electron chi connectivity index (χ4n) is 6.77. The summed E-state index contributed by atoms with van der Waals surface area (Å²) in [4.78, 5) is 36.2. The topological polar surface area (TPSA) is 245 Å². The van der Waals surface area contributed by atoms with Gasteiger partial charge in [-0.25, -0.2) is 19.6 Å². The quantitative estimate of drug-likeness (QED) is 0.0110. The highest BCUT2D eigenvalue weighted by atomic mass is 32.1. The summed E-state index contributed by atoms with van der Waals surface area (Å²) in [5.74, 6) is -0.660. The summed E-state index contributed by atoms with van der Waals surface area (Å²) in [5.41, 5.74) is 12.6. The third kappa shape index (κ3) is 15.5. The standard InChI is InChI=1S/C40H63N6O11PS/c1-3-4-5-6-7-8-9-10-11-12-13-14-15-18-22-52-23-19-24-53-40(49)28(2)45-58(50,51)57-56-31-21-17-16-20-30(31)54-26-32-34(47)35(48)39(55-32)46-25-29(37(42)59)33-36(41)43-27-44-38(33)46/h16-17,20-21,25,27-28,32,34-35,39,47-48H,3-15,18-19,22-24,26H2,1-2H3,(H2,42,59)(H2,41,43,44)(H2,45,50,51)/t28-,32?,34-,35-,39-/m1/s1. The lowest BCUT2D eigenvalue weighted by atomic mass is 10.0. The smallest absolute Gasteiger partial charge is 0.440 e. The van der Waals surface area contributed by atoms with Gasteiger partial charge in [-0.2, -0.15) is 0 Å². The minimum absolute atomic E-state index is 0.0283. The molecule has 3 aromatic rings. The molecule has 0 spiro atoms. The number of hydrogen-bond donors (Lipinski definition) is 6. The Morgan fingerprint density at radius 1 is 0.932 bits per heavy atom. The van der Waals surface area contributed by atoms with E-state index in [0.29, 0.717) is 30.6 Å². The fraction of sp³-hybridized carbons (Fsp3) is 0.650. The maximum atomic E-state index is 12.8. The number of carbonyl (C=O) groups is 1. The number of unbranched alkanes of at least 4 members (excludes halogenated alkanes) is 13. The number of aliphatic hydroxyl groups excluding tert-OH is 2. The van der Waals surface area contributed by atoms with Gasteiger partial charge in [0.25, 0.3) is 0 Å². The molecule has 8 N–H and O–H groups in total. The highest BCUT2D eigenvalue weighted by Crippen LogP contribution is 2.40. The van der Waals surface area contributed by atoms with Crippen molar-refractivity contribution < 1.29 is 53.0 Å². The highest BCUT2D eigenvalue weighted by Gasteiger charge is 2.45. The van der Waals surface area contributed by atoms with E-state index in [1.54, 1.807) is 12.1 Å². The van der Waals surface area contributed by atoms with Gasteiger partial charge in [-0.15, -0.1) is 0 Å². The van der Waals surface area contributed by atoms with Crippen LogP contribution in [0.4, 0.5) is 5.82 Å². The molecule has 2 aromatic heterocycles. The van der Waals surface area contributed by atoms with Crippen LogP contribution < -0.4 is 26.2 Å². The number of nitrogen functional groups attached to an aromatic ring is 1. The maximum absolute atomic E-state index is 12.8. The number of esters is 1. The van der Waals surface area contributed by atoms with E-state index < -0.39 is 44.3 Å². The lowest BCUT2D eigenvalue weighted by Gasteiger charge is -2.19.